The number of thioether (sulfide) groups is 1. The maximum atomic E-state index is 4.94. The molecule has 0 N–H and O–H groups in total. The van der Waals surface area contributed by atoms with Crippen molar-refractivity contribution in [1.82, 2.24) is 9.97 Å². The normalized spacial score (nSPS) is 9.40. The molecule has 0 unspecified atom stereocenters. The first-order valence-electron chi connectivity index (χ1n) is 2.77. The second kappa shape index (κ2) is 3.41. The Morgan fingerprint density at radius 1 is 1.40 bits per heavy atom. The second-order valence-electron chi connectivity index (χ2n) is 1.57. The lowest BCUT2D eigenvalue weighted by molar-refractivity contribution is 0.382. The van der Waals surface area contributed by atoms with E-state index < -0.39 is 0 Å². The predicted octanol–water partition coefficient (Wildman–Crippen LogP) is 1.21. The fourth-order valence-electron chi connectivity index (χ4n) is 0.593. The van der Waals surface area contributed by atoms with Crippen molar-refractivity contribution in [3.63, 3.8) is 0 Å². The van der Waals surface area contributed by atoms with Crippen LogP contribution in [0.4, 0.5) is 0 Å². The van der Waals surface area contributed by atoms with Crippen molar-refractivity contribution in [2.45, 2.75) is 5.03 Å². The topological polar surface area (TPSA) is 35.0 Å². The van der Waals surface area contributed by atoms with Gasteiger partial charge in [0, 0.05) is 12.4 Å². The summed E-state index contributed by atoms with van der Waals surface area (Å²) in [6.07, 6.45) is 5.19. The molecule has 1 aromatic rings. The summed E-state index contributed by atoms with van der Waals surface area (Å²) < 4.78 is 4.94. The van der Waals surface area contributed by atoms with Crippen LogP contribution in [0.1, 0.15) is 0 Å². The number of hydrogen-bond donors (Lipinski definition) is 0. The molecule has 0 aliphatic carbocycles. The van der Waals surface area contributed by atoms with E-state index in [0.717, 1.165) is 5.03 Å². The summed E-state index contributed by atoms with van der Waals surface area (Å²) in [4.78, 5) is 8.01. The van der Waals surface area contributed by atoms with Gasteiger partial charge in [-0.15, -0.1) is 11.8 Å². The van der Waals surface area contributed by atoms with Gasteiger partial charge in [-0.1, -0.05) is 0 Å². The Labute approximate surface area is 63.8 Å². The quantitative estimate of drug-likeness (QED) is 0.603. The average Bonchev–Trinajstić information content (AvgIpc) is 2.04. The van der Waals surface area contributed by atoms with Crippen molar-refractivity contribution in [2.24, 2.45) is 0 Å². The molecule has 0 aromatic carbocycles. The molecule has 0 fully saturated rings. The van der Waals surface area contributed by atoms with E-state index in [4.69, 9.17) is 4.74 Å². The minimum absolute atomic E-state index is 0.593. The summed E-state index contributed by atoms with van der Waals surface area (Å²) in [5.74, 6) is 0.593. The molecule has 1 aromatic heterocycles. The third-order valence-corrected chi connectivity index (χ3v) is 1.69. The lowest BCUT2D eigenvalue weighted by Crippen LogP contribution is -1.90. The Morgan fingerprint density at radius 3 is 2.60 bits per heavy atom. The zero-order valence-electron chi connectivity index (χ0n) is 5.87. The molecule has 0 saturated carbocycles. The lowest BCUT2D eigenvalue weighted by atomic mass is 10.7. The molecule has 0 radical (unpaired) electrons. The zero-order valence-corrected chi connectivity index (χ0v) is 6.68. The summed E-state index contributed by atoms with van der Waals surface area (Å²) >= 11 is 1.52. The van der Waals surface area contributed by atoms with Crippen LogP contribution in [-0.2, 0) is 0 Å². The summed E-state index contributed by atoms with van der Waals surface area (Å²) in [6, 6.07) is 0. The van der Waals surface area contributed by atoms with Crippen molar-refractivity contribution in [3.05, 3.63) is 12.4 Å². The highest BCUT2D eigenvalue weighted by atomic mass is 32.2. The van der Waals surface area contributed by atoms with Gasteiger partial charge in [-0.05, 0) is 6.26 Å². The maximum absolute atomic E-state index is 4.94. The average molecular weight is 156 g/mol. The monoisotopic (exact) mass is 156 g/mol. The van der Waals surface area contributed by atoms with Crippen LogP contribution in [0.15, 0.2) is 17.4 Å². The molecule has 10 heavy (non-hydrogen) atoms. The first-order valence-corrected chi connectivity index (χ1v) is 4.00. The Morgan fingerprint density at radius 2 is 2.10 bits per heavy atom. The number of methoxy groups -OCH3 is 1. The van der Waals surface area contributed by atoms with E-state index in [1.807, 2.05) is 6.26 Å². The highest BCUT2D eigenvalue weighted by Gasteiger charge is 2.00. The molecule has 0 aliphatic rings. The van der Waals surface area contributed by atoms with Crippen LogP contribution < -0.4 is 4.74 Å². The van der Waals surface area contributed by atoms with E-state index in [1.54, 1.807) is 19.5 Å². The van der Waals surface area contributed by atoms with Gasteiger partial charge in [0.1, 0.15) is 0 Å². The molecule has 0 amide bonds. The van der Waals surface area contributed by atoms with Crippen molar-refractivity contribution in [1.29, 1.82) is 0 Å². The Balaban J connectivity index is 2.96. The second-order valence-corrected chi connectivity index (χ2v) is 2.37. The molecule has 0 saturated heterocycles. The van der Waals surface area contributed by atoms with Gasteiger partial charge in [0.25, 0.3) is 0 Å². The molecule has 0 atom stereocenters. The molecule has 3 nitrogen and oxygen atoms in total. The number of aromatic nitrogens is 2. The van der Waals surface area contributed by atoms with Crippen LogP contribution >= 0.6 is 11.8 Å². The Bertz CT molecular complexity index is 194. The Hall–Kier alpha value is -0.770. The van der Waals surface area contributed by atoms with Crippen molar-refractivity contribution >= 4 is 11.8 Å². The van der Waals surface area contributed by atoms with E-state index in [0.29, 0.717) is 5.88 Å². The van der Waals surface area contributed by atoms with E-state index in [9.17, 15) is 0 Å². The summed E-state index contributed by atoms with van der Waals surface area (Å²) in [5.41, 5.74) is 0. The number of ether oxygens (including phenoxy) is 1. The third kappa shape index (κ3) is 1.39. The summed E-state index contributed by atoms with van der Waals surface area (Å²) in [6.45, 7) is 0. The van der Waals surface area contributed by atoms with Gasteiger partial charge < -0.3 is 4.74 Å². The molecule has 0 spiro atoms. The largest absolute Gasteiger partial charge is 0.479 e. The standard InChI is InChI=1S/C6H8N2OS/c1-9-5-6(10-2)8-4-3-7-5/h3-4H,1-2H3. The minimum atomic E-state index is 0.593. The van der Waals surface area contributed by atoms with E-state index in [-0.39, 0.29) is 0 Å². The van der Waals surface area contributed by atoms with Gasteiger partial charge in [-0.3, -0.25) is 0 Å². The fourth-order valence-corrected chi connectivity index (χ4v) is 1.07. The molecular formula is C6H8N2OS. The molecule has 4 heteroatoms. The van der Waals surface area contributed by atoms with Gasteiger partial charge in [-0.25, -0.2) is 9.97 Å². The van der Waals surface area contributed by atoms with Crippen LogP contribution in [0.3, 0.4) is 0 Å². The number of nitrogens with zero attached hydrogens (tertiary/aromatic N) is 2. The van der Waals surface area contributed by atoms with Gasteiger partial charge >= 0.3 is 0 Å². The van der Waals surface area contributed by atoms with E-state index in [2.05, 4.69) is 9.97 Å². The first-order chi connectivity index (χ1) is 4.88. The van der Waals surface area contributed by atoms with E-state index >= 15 is 0 Å². The summed E-state index contributed by atoms with van der Waals surface area (Å²) in [7, 11) is 1.59. The van der Waals surface area contributed by atoms with Gasteiger partial charge in [0.05, 0.1) is 7.11 Å². The van der Waals surface area contributed by atoms with Crippen LogP contribution in [0.25, 0.3) is 0 Å². The zero-order chi connectivity index (χ0) is 7.40. The van der Waals surface area contributed by atoms with Gasteiger partial charge in [0.15, 0.2) is 5.03 Å². The minimum Gasteiger partial charge on any atom is -0.479 e. The molecule has 54 valence electrons. The molecule has 0 bridgehead atoms. The Kier molecular flexibility index (Phi) is 2.50. The molecule has 0 aliphatic heterocycles. The highest BCUT2D eigenvalue weighted by molar-refractivity contribution is 7.98. The van der Waals surface area contributed by atoms with Gasteiger partial charge in [-0.2, -0.15) is 0 Å². The fraction of sp³-hybridized carbons (Fsp3) is 0.333. The van der Waals surface area contributed by atoms with Crippen LogP contribution in [0, 0.1) is 0 Å². The lowest BCUT2D eigenvalue weighted by Gasteiger charge is -2.00. The molecule has 1 rings (SSSR count). The van der Waals surface area contributed by atoms with Crippen LogP contribution in [0.5, 0.6) is 5.88 Å². The summed E-state index contributed by atoms with van der Waals surface area (Å²) in [5, 5.41) is 0.824. The van der Waals surface area contributed by atoms with Gasteiger partial charge in [0.2, 0.25) is 5.88 Å². The first kappa shape index (κ1) is 7.34. The number of hydrogen-bond acceptors (Lipinski definition) is 4. The smallest absolute Gasteiger partial charge is 0.246 e. The number of rotatable bonds is 2. The van der Waals surface area contributed by atoms with Crippen molar-refractivity contribution in [2.75, 3.05) is 13.4 Å². The van der Waals surface area contributed by atoms with Crippen molar-refractivity contribution in [3.8, 4) is 5.88 Å². The predicted molar refractivity (Wildman–Crippen MR) is 40.4 cm³/mol. The maximum Gasteiger partial charge on any atom is 0.246 e. The van der Waals surface area contributed by atoms with Crippen LogP contribution in [-0.4, -0.2) is 23.3 Å². The molecule has 1 heterocycles. The van der Waals surface area contributed by atoms with Crippen molar-refractivity contribution < 1.29 is 4.74 Å². The van der Waals surface area contributed by atoms with Crippen LogP contribution in [0.2, 0.25) is 0 Å². The molecular weight excluding hydrogens is 148 g/mol. The SMILES string of the molecule is COc1nccnc1SC. The highest BCUT2D eigenvalue weighted by Crippen LogP contribution is 2.20. The van der Waals surface area contributed by atoms with E-state index in [1.165, 1.54) is 11.8 Å². The third-order valence-electron chi connectivity index (χ3n) is 1.02.